The van der Waals surface area contributed by atoms with Crippen LogP contribution in [-0.4, -0.2) is 117 Å². The average molecular weight is 480 g/mol. The molecular weight excluding hydrogens is 446 g/mol. The zero-order valence-corrected chi connectivity index (χ0v) is 20.1. The maximum Gasteiger partial charge on any atom is 0.353 e. The van der Waals surface area contributed by atoms with E-state index in [0.29, 0.717) is 37.5 Å². The molecule has 11 heteroatoms. The number of nitrogens with one attached hydrogen (secondary N) is 1. The third-order valence-corrected chi connectivity index (χ3v) is 8.92. The van der Waals surface area contributed by atoms with E-state index in [1.165, 1.54) is 23.0 Å². The summed E-state index contributed by atoms with van der Waals surface area (Å²) in [6.07, 6.45) is 1.95. The van der Waals surface area contributed by atoms with E-state index in [4.69, 9.17) is 5.41 Å². The summed E-state index contributed by atoms with van der Waals surface area (Å²) >= 11 is 1.48. The average Bonchev–Trinajstić information content (AvgIpc) is 3.10. The number of carbonyl (C=O) groups is 3. The molecule has 0 aromatic carbocycles. The number of β-lactam (4-membered cyclic amide) rings is 1. The molecule has 2 amide bonds. The van der Waals surface area contributed by atoms with E-state index in [1.54, 1.807) is 6.92 Å². The molecule has 6 atom stereocenters. The Bertz CT molecular complexity index is 879. The van der Waals surface area contributed by atoms with Gasteiger partial charge < -0.3 is 24.9 Å². The van der Waals surface area contributed by atoms with Gasteiger partial charge in [0.1, 0.15) is 5.70 Å². The summed E-state index contributed by atoms with van der Waals surface area (Å²) in [6, 6.07) is -0.583. The molecule has 0 aromatic rings. The van der Waals surface area contributed by atoms with Crippen LogP contribution in [0.2, 0.25) is 0 Å². The molecule has 0 bridgehead atoms. The van der Waals surface area contributed by atoms with E-state index < -0.39 is 18.0 Å². The SMILES string of the molecule is CC(O)C1C(=O)N2C(C(=O)O)=C(SC3CC(C(=O)N4CCCN(C=N)CC4)N(C)C3)C(C)[C@H]12. The Morgan fingerprint density at radius 1 is 1.24 bits per heavy atom. The summed E-state index contributed by atoms with van der Waals surface area (Å²) in [5, 5.41) is 27.4. The number of thioether (sulfide) groups is 1. The van der Waals surface area contributed by atoms with Gasteiger partial charge in [0.15, 0.2) is 0 Å². The van der Waals surface area contributed by atoms with Crippen LogP contribution in [0.3, 0.4) is 0 Å². The number of carbonyl (C=O) groups excluding carboxylic acids is 2. The Balaban J connectivity index is 1.46. The molecule has 10 nitrogen and oxygen atoms in total. The van der Waals surface area contributed by atoms with Gasteiger partial charge in [0.25, 0.3) is 0 Å². The fourth-order valence-electron chi connectivity index (χ4n) is 5.68. The van der Waals surface area contributed by atoms with Crippen LogP contribution in [0.25, 0.3) is 0 Å². The largest absolute Gasteiger partial charge is 0.477 e. The number of nitrogens with zero attached hydrogens (tertiary/aromatic N) is 4. The van der Waals surface area contributed by atoms with Gasteiger partial charge in [-0.2, -0.15) is 0 Å². The second kappa shape index (κ2) is 9.27. The first-order chi connectivity index (χ1) is 15.6. The molecule has 4 aliphatic rings. The van der Waals surface area contributed by atoms with Crippen LogP contribution in [0.5, 0.6) is 0 Å². The molecule has 33 heavy (non-hydrogen) atoms. The summed E-state index contributed by atoms with van der Waals surface area (Å²) in [4.78, 5) is 45.7. The van der Waals surface area contributed by atoms with Gasteiger partial charge in [-0.1, -0.05) is 6.92 Å². The summed E-state index contributed by atoms with van der Waals surface area (Å²) in [6.45, 7) is 6.86. The number of hydrogen-bond donors (Lipinski definition) is 3. The number of likely N-dealkylation sites (tertiary alicyclic amines) is 1. The Morgan fingerprint density at radius 3 is 2.61 bits per heavy atom. The maximum atomic E-state index is 13.3. The highest BCUT2D eigenvalue weighted by molar-refractivity contribution is 8.03. The van der Waals surface area contributed by atoms with Crippen LogP contribution in [-0.2, 0) is 14.4 Å². The van der Waals surface area contributed by atoms with Gasteiger partial charge in [-0.15, -0.1) is 11.8 Å². The van der Waals surface area contributed by atoms with Crippen molar-refractivity contribution in [1.82, 2.24) is 19.6 Å². The Labute approximate surface area is 198 Å². The number of hydrogen-bond acceptors (Lipinski definition) is 7. The highest BCUT2D eigenvalue weighted by atomic mass is 32.2. The lowest BCUT2D eigenvalue weighted by atomic mass is 9.79. The smallest absolute Gasteiger partial charge is 0.353 e. The predicted octanol–water partition coefficient (Wildman–Crippen LogP) is 0.0874. The third-order valence-electron chi connectivity index (χ3n) is 7.42. The molecule has 0 aromatic heterocycles. The summed E-state index contributed by atoms with van der Waals surface area (Å²) in [5.41, 5.74) is 0.0380. The predicted molar refractivity (Wildman–Crippen MR) is 124 cm³/mol. The number of carboxylic acids is 1. The van der Waals surface area contributed by atoms with Crippen molar-refractivity contribution < 1.29 is 24.6 Å². The highest BCUT2D eigenvalue weighted by Crippen LogP contribution is 2.52. The number of aliphatic carboxylic acids is 1. The van der Waals surface area contributed by atoms with Gasteiger partial charge in [0.2, 0.25) is 11.8 Å². The number of likely N-dealkylation sites (N-methyl/N-ethyl adjacent to an activating group) is 1. The quantitative estimate of drug-likeness (QED) is 0.278. The number of fused-ring (bicyclic) bond motifs is 1. The van der Waals surface area contributed by atoms with Gasteiger partial charge in [0.05, 0.1) is 30.4 Å². The normalized spacial score (nSPS) is 33.6. The van der Waals surface area contributed by atoms with Crippen molar-refractivity contribution in [1.29, 1.82) is 5.41 Å². The van der Waals surface area contributed by atoms with Gasteiger partial charge in [-0.25, -0.2) is 4.79 Å². The Kier molecular flexibility index (Phi) is 6.75. The number of carboxylic acid groups (broad SMARTS) is 1. The first-order valence-corrected chi connectivity index (χ1v) is 12.4. The first-order valence-electron chi connectivity index (χ1n) is 11.5. The lowest BCUT2D eigenvalue weighted by Crippen LogP contribution is -2.63. The second-order valence-electron chi connectivity index (χ2n) is 9.55. The van der Waals surface area contributed by atoms with E-state index in [0.717, 1.165) is 13.0 Å². The Morgan fingerprint density at radius 2 is 1.97 bits per heavy atom. The standard InChI is InChI=1S/C22H33N5O5S/c1-12-17-16(13(2)28)21(30)27(17)18(22(31)32)19(12)33-14-9-15(24(3)10-14)20(29)26-6-4-5-25(11-23)7-8-26/h11-17,23,28H,4-10H2,1-3H3,(H,31,32)/t12?,13?,14?,15?,16?,17-/m1/s1. The van der Waals surface area contributed by atoms with Crippen molar-refractivity contribution in [3.05, 3.63) is 10.6 Å². The fourth-order valence-corrected chi connectivity index (χ4v) is 7.28. The van der Waals surface area contributed by atoms with Crippen LogP contribution in [0.4, 0.5) is 0 Å². The third kappa shape index (κ3) is 4.15. The molecule has 5 unspecified atom stereocenters. The lowest BCUT2D eigenvalue weighted by Gasteiger charge is -2.46. The molecule has 3 saturated heterocycles. The topological polar surface area (TPSA) is 128 Å². The summed E-state index contributed by atoms with van der Waals surface area (Å²) in [7, 11) is 1.93. The number of aliphatic hydroxyl groups is 1. The van der Waals surface area contributed by atoms with Crippen molar-refractivity contribution in [2.24, 2.45) is 11.8 Å². The number of rotatable bonds is 6. The van der Waals surface area contributed by atoms with Crippen molar-refractivity contribution in [3.63, 3.8) is 0 Å². The van der Waals surface area contributed by atoms with E-state index in [2.05, 4.69) is 0 Å². The summed E-state index contributed by atoms with van der Waals surface area (Å²) in [5.74, 6) is -2.10. The van der Waals surface area contributed by atoms with Crippen LogP contribution < -0.4 is 0 Å². The molecule has 0 radical (unpaired) electrons. The number of aliphatic hydroxyl groups excluding tert-OH is 1. The van der Waals surface area contributed by atoms with Crippen molar-refractivity contribution in [2.45, 2.75) is 50.1 Å². The van der Waals surface area contributed by atoms with Crippen LogP contribution in [0.15, 0.2) is 10.6 Å². The summed E-state index contributed by atoms with van der Waals surface area (Å²) < 4.78 is 0. The molecule has 4 aliphatic heterocycles. The van der Waals surface area contributed by atoms with Gasteiger partial charge in [0, 0.05) is 48.8 Å². The van der Waals surface area contributed by atoms with Crippen LogP contribution in [0, 0.1) is 17.2 Å². The zero-order chi connectivity index (χ0) is 24.0. The monoisotopic (exact) mass is 479 g/mol. The van der Waals surface area contributed by atoms with Crippen molar-refractivity contribution in [3.8, 4) is 0 Å². The van der Waals surface area contributed by atoms with E-state index in [9.17, 15) is 24.6 Å². The minimum atomic E-state index is -1.12. The van der Waals surface area contributed by atoms with E-state index >= 15 is 0 Å². The first kappa shape index (κ1) is 24.0. The molecular formula is C22H33N5O5S. The minimum absolute atomic E-state index is 0.0380. The molecule has 4 rings (SSSR count). The number of amides is 2. The second-order valence-corrected chi connectivity index (χ2v) is 10.9. The Hall–Kier alpha value is -2.11. The van der Waals surface area contributed by atoms with Gasteiger partial charge in [-0.05, 0) is 26.8 Å². The highest BCUT2D eigenvalue weighted by Gasteiger charge is 2.60. The zero-order valence-electron chi connectivity index (χ0n) is 19.3. The molecule has 3 N–H and O–H groups in total. The van der Waals surface area contributed by atoms with Crippen LogP contribution in [0.1, 0.15) is 26.7 Å². The van der Waals surface area contributed by atoms with E-state index in [-0.39, 0.29) is 40.8 Å². The fraction of sp³-hybridized carbons (Fsp3) is 0.727. The van der Waals surface area contributed by atoms with Gasteiger partial charge in [-0.3, -0.25) is 19.9 Å². The van der Waals surface area contributed by atoms with E-state index in [1.807, 2.05) is 28.7 Å². The molecule has 182 valence electrons. The molecule has 0 aliphatic carbocycles. The minimum Gasteiger partial charge on any atom is -0.477 e. The van der Waals surface area contributed by atoms with Gasteiger partial charge >= 0.3 is 5.97 Å². The molecule has 0 spiro atoms. The molecule has 4 heterocycles. The molecule has 3 fully saturated rings. The lowest BCUT2D eigenvalue weighted by molar-refractivity contribution is -0.163. The maximum absolute atomic E-state index is 13.3. The van der Waals surface area contributed by atoms with Crippen molar-refractivity contribution in [2.75, 3.05) is 39.8 Å². The van der Waals surface area contributed by atoms with Crippen LogP contribution >= 0.6 is 11.8 Å². The van der Waals surface area contributed by atoms with Crippen molar-refractivity contribution >= 4 is 35.9 Å². The molecule has 0 saturated carbocycles.